The third-order valence-electron chi connectivity index (χ3n) is 3.40. The SMILES string of the molecule is NC(N)=NCC(=O)Cc1ccc(S(=O)(=O)Nc2scnc2C(=O)O)cc1OC(F)(F)F. The maximum Gasteiger partial charge on any atom is 0.573 e. The fourth-order valence-electron chi connectivity index (χ4n) is 2.17. The highest BCUT2D eigenvalue weighted by molar-refractivity contribution is 7.93. The lowest BCUT2D eigenvalue weighted by Gasteiger charge is -2.15. The fourth-order valence-corrected chi connectivity index (χ4v) is 4.17. The molecule has 1 aromatic carbocycles. The van der Waals surface area contributed by atoms with Crippen LogP contribution in [-0.2, 0) is 21.2 Å². The second-order valence-electron chi connectivity index (χ2n) is 5.71. The number of aliphatic imine (C=N–C) groups is 1. The minimum atomic E-state index is -5.18. The summed E-state index contributed by atoms with van der Waals surface area (Å²) in [7, 11) is -4.51. The molecule has 0 saturated heterocycles. The van der Waals surface area contributed by atoms with E-state index in [4.69, 9.17) is 16.6 Å². The summed E-state index contributed by atoms with van der Waals surface area (Å²) in [6.45, 7) is -0.501. The number of nitrogens with one attached hydrogen (secondary N) is 1. The first-order valence-electron chi connectivity index (χ1n) is 7.94. The summed E-state index contributed by atoms with van der Waals surface area (Å²) in [5, 5.41) is 8.65. The lowest BCUT2D eigenvalue weighted by atomic mass is 10.1. The van der Waals surface area contributed by atoms with Crippen LogP contribution in [-0.4, -0.2) is 49.1 Å². The van der Waals surface area contributed by atoms with E-state index in [1.165, 1.54) is 0 Å². The number of halogens is 3. The van der Waals surface area contributed by atoms with Crippen LogP contribution < -0.4 is 20.9 Å². The Kier molecular flexibility index (Phi) is 7.06. The molecule has 0 aliphatic rings. The van der Waals surface area contributed by atoms with E-state index in [9.17, 15) is 31.2 Å². The number of alkyl halides is 3. The number of carbonyl (C=O) groups is 2. The standard InChI is InChI=1S/C15H14F3N5O6S2/c16-15(17,18)29-10-4-9(2-1-7(10)3-8(24)5-21-14(19)20)31(27,28)23-12-11(13(25)26)22-6-30-12/h1-2,4,6,23H,3,5H2,(H,25,26)(H4,19,20,21). The van der Waals surface area contributed by atoms with Crippen LogP contribution in [0.5, 0.6) is 5.75 Å². The Morgan fingerprint density at radius 3 is 2.55 bits per heavy atom. The summed E-state index contributed by atoms with van der Waals surface area (Å²) in [5.74, 6) is -3.49. The highest BCUT2D eigenvalue weighted by Gasteiger charge is 2.33. The van der Waals surface area contributed by atoms with Crippen LogP contribution in [0.1, 0.15) is 16.1 Å². The number of hydrogen-bond donors (Lipinski definition) is 4. The summed E-state index contributed by atoms with van der Waals surface area (Å²) in [4.78, 5) is 29.2. The van der Waals surface area contributed by atoms with Crippen molar-refractivity contribution in [3.8, 4) is 5.75 Å². The maximum absolute atomic E-state index is 12.8. The van der Waals surface area contributed by atoms with E-state index in [0.717, 1.165) is 17.6 Å². The zero-order valence-corrected chi connectivity index (χ0v) is 16.8. The highest BCUT2D eigenvalue weighted by atomic mass is 32.2. The number of benzene rings is 1. The molecule has 168 valence electrons. The molecule has 11 nitrogen and oxygen atoms in total. The van der Waals surface area contributed by atoms with Crippen LogP contribution in [0, 0.1) is 0 Å². The number of anilines is 1. The van der Waals surface area contributed by atoms with Gasteiger partial charge >= 0.3 is 12.3 Å². The minimum absolute atomic E-state index is 0.268. The van der Waals surface area contributed by atoms with Crippen LogP contribution in [0.4, 0.5) is 18.2 Å². The summed E-state index contributed by atoms with van der Waals surface area (Å²) in [6.07, 6.45) is -5.75. The van der Waals surface area contributed by atoms with E-state index in [-0.39, 0.29) is 10.6 Å². The third-order valence-corrected chi connectivity index (χ3v) is 5.62. The van der Waals surface area contributed by atoms with Gasteiger partial charge < -0.3 is 21.3 Å². The van der Waals surface area contributed by atoms with Gasteiger partial charge in [-0.2, -0.15) is 0 Å². The van der Waals surface area contributed by atoms with Gasteiger partial charge in [-0.1, -0.05) is 6.07 Å². The third kappa shape index (κ3) is 6.82. The lowest BCUT2D eigenvalue weighted by Crippen LogP contribution is -2.24. The monoisotopic (exact) mass is 481 g/mol. The molecule has 0 bridgehead atoms. The Labute approximate surface area is 176 Å². The number of ketones is 1. The van der Waals surface area contributed by atoms with E-state index in [0.29, 0.717) is 17.4 Å². The van der Waals surface area contributed by atoms with E-state index < -0.39 is 63.4 Å². The number of rotatable bonds is 9. The first kappa shape index (κ1) is 23.9. The average molecular weight is 481 g/mol. The quantitative estimate of drug-likeness (QED) is 0.298. The van der Waals surface area contributed by atoms with Gasteiger partial charge in [-0.05, 0) is 6.07 Å². The van der Waals surface area contributed by atoms with Crippen molar-refractivity contribution < 1.29 is 41.0 Å². The molecule has 0 spiro atoms. The summed E-state index contributed by atoms with van der Waals surface area (Å²) in [5.41, 5.74) is 10.4. The molecule has 0 amide bonds. The van der Waals surface area contributed by atoms with Gasteiger partial charge in [0.05, 0.1) is 10.4 Å². The van der Waals surface area contributed by atoms with Gasteiger partial charge in [-0.15, -0.1) is 24.5 Å². The molecule has 31 heavy (non-hydrogen) atoms. The number of thiazole rings is 1. The molecule has 0 atom stereocenters. The normalized spacial score (nSPS) is 11.6. The minimum Gasteiger partial charge on any atom is -0.476 e. The first-order valence-corrected chi connectivity index (χ1v) is 10.3. The number of nitrogens with zero attached hydrogens (tertiary/aromatic N) is 2. The number of guanidine groups is 1. The molecule has 0 radical (unpaired) electrons. The van der Waals surface area contributed by atoms with Crippen molar-refractivity contribution in [1.82, 2.24) is 4.98 Å². The Bertz CT molecular complexity index is 1130. The maximum atomic E-state index is 12.8. The number of hydrogen-bond acceptors (Lipinski definition) is 8. The molecule has 1 heterocycles. The molecular weight excluding hydrogens is 467 g/mol. The summed E-state index contributed by atoms with van der Waals surface area (Å²) >= 11 is 0.662. The smallest absolute Gasteiger partial charge is 0.476 e. The van der Waals surface area contributed by atoms with Crippen LogP contribution in [0.15, 0.2) is 33.6 Å². The number of aromatic carboxylic acids is 1. The van der Waals surface area contributed by atoms with Crippen molar-refractivity contribution in [3.05, 3.63) is 35.0 Å². The van der Waals surface area contributed by atoms with E-state index >= 15 is 0 Å². The predicted molar refractivity (Wildman–Crippen MR) is 102 cm³/mol. The number of ether oxygens (including phenoxy) is 1. The van der Waals surface area contributed by atoms with Gasteiger partial charge in [-0.3, -0.25) is 9.52 Å². The largest absolute Gasteiger partial charge is 0.573 e. The average Bonchev–Trinajstić information content (AvgIpc) is 3.07. The van der Waals surface area contributed by atoms with Gasteiger partial charge in [0.25, 0.3) is 10.0 Å². The molecule has 0 fully saturated rings. The van der Waals surface area contributed by atoms with Gasteiger partial charge in [0.2, 0.25) is 0 Å². The second-order valence-corrected chi connectivity index (χ2v) is 8.25. The number of nitrogens with two attached hydrogens (primary N) is 2. The van der Waals surface area contributed by atoms with Crippen molar-refractivity contribution in [2.45, 2.75) is 17.7 Å². The number of aromatic nitrogens is 1. The van der Waals surface area contributed by atoms with E-state index in [1.54, 1.807) is 0 Å². The Morgan fingerprint density at radius 1 is 1.29 bits per heavy atom. The predicted octanol–water partition coefficient (Wildman–Crippen LogP) is 0.926. The van der Waals surface area contributed by atoms with E-state index in [2.05, 4.69) is 14.7 Å². The summed E-state index contributed by atoms with van der Waals surface area (Å²) in [6, 6.07) is 2.44. The van der Waals surface area contributed by atoms with Crippen molar-refractivity contribution in [3.63, 3.8) is 0 Å². The zero-order valence-electron chi connectivity index (χ0n) is 15.2. The second kappa shape index (κ2) is 9.17. The van der Waals surface area contributed by atoms with Gasteiger partial charge in [0.1, 0.15) is 17.3 Å². The molecule has 0 aliphatic heterocycles. The Morgan fingerprint density at radius 2 is 1.97 bits per heavy atom. The molecule has 16 heteroatoms. The number of carboxylic acid groups (broad SMARTS) is 1. The number of carboxylic acids is 1. The number of carbonyl (C=O) groups excluding carboxylic acids is 1. The molecule has 1 aromatic heterocycles. The number of sulfonamides is 1. The molecule has 0 saturated carbocycles. The molecule has 2 rings (SSSR count). The zero-order chi connectivity index (χ0) is 23.4. The van der Waals surface area contributed by atoms with Gasteiger partial charge in [0.15, 0.2) is 17.4 Å². The number of Topliss-reactive ketones (excluding diaryl/α,β-unsaturated/α-hetero) is 1. The van der Waals surface area contributed by atoms with E-state index in [1.807, 2.05) is 4.72 Å². The van der Waals surface area contributed by atoms with Crippen LogP contribution in [0.2, 0.25) is 0 Å². The topological polar surface area (TPSA) is 187 Å². The molecule has 2 aromatic rings. The van der Waals surface area contributed by atoms with Crippen molar-refractivity contribution in [1.29, 1.82) is 0 Å². The van der Waals surface area contributed by atoms with Crippen LogP contribution in [0.3, 0.4) is 0 Å². The molecule has 0 aliphatic carbocycles. The Hall–Kier alpha value is -3.40. The van der Waals surface area contributed by atoms with Gasteiger partial charge in [-0.25, -0.2) is 23.2 Å². The van der Waals surface area contributed by atoms with Crippen molar-refractivity contribution >= 4 is 44.1 Å². The fraction of sp³-hybridized carbons (Fsp3) is 0.200. The van der Waals surface area contributed by atoms with Crippen LogP contribution in [0.25, 0.3) is 0 Å². The van der Waals surface area contributed by atoms with Crippen molar-refractivity contribution in [2.24, 2.45) is 16.5 Å². The summed E-state index contributed by atoms with van der Waals surface area (Å²) < 4.78 is 69.2. The van der Waals surface area contributed by atoms with Gasteiger partial charge in [0, 0.05) is 18.1 Å². The van der Waals surface area contributed by atoms with Crippen LogP contribution >= 0.6 is 11.3 Å². The van der Waals surface area contributed by atoms with Crippen molar-refractivity contribution in [2.75, 3.05) is 11.3 Å². The Balaban J connectivity index is 2.39. The highest BCUT2D eigenvalue weighted by Crippen LogP contribution is 2.31. The molecular formula is C15H14F3N5O6S2. The lowest BCUT2D eigenvalue weighted by molar-refractivity contribution is -0.275. The molecule has 0 unspecified atom stereocenters. The first-order chi connectivity index (χ1) is 14.3. The molecule has 6 N–H and O–H groups in total.